The zero-order valence-corrected chi connectivity index (χ0v) is 12.6. The lowest BCUT2D eigenvalue weighted by Crippen LogP contribution is -2.48. The molecule has 0 saturated carbocycles. The highest BCUT2D eigenvalue weighted by Crippen LogP contribution is 2.28. The number of likely N-dealkylation sites (N-methyl/N-ethyl adjacent to an activating group) is 1. The van der Waals surface area contributed by atoms with Crippen LogP contribution in [0.5, 0.6) is 0 Å². The minimum Gasteiger partial charge on any atom is -0.382 e. The molecule has 1 aliphatic heterocycles. The van der Waals surface area contributed by atoms with Gasteiger partial charge in [-0.15, -0.1) is 0 Å². The largest absolute Gasteiger partial charge is 0.382 e. The second-order valence-corrected chi connectivity index (χ2v) is 5.38. The van der Waals surface area contributed by atoms with Crippen LogP contribution in [0.3, 0.4) is 0 Å². The molecule has 1 atom stereocenters. The lowest BCUT2D eigenvalue weighted by molar-refractivity contribution is -0.119. The molecule has 0 spiro atoms. The van der Waals surface area contributed by atoms with Crippen LogP contribution in [-0.2, 0) is 9.53 Å². The van der Waals surface area contributed by atoms with Crippen LogP contribution in [-0.4, -0.2) is 66.7 Å². The number of carbonyl (C=O) groups is 1. The normalized spacial score (nSPS) is 19.0. The van der Waals surface area contributed by atoms with Gasteiger partial charge < -0.3 is 21.1 Å². The lowest BCUT2D eigenvalue weighted by atomic mass is 10.2. The Kier molecular flexibility index (Phi) is 5.16. The van der Waals surface area contributed by atoms with Gasteiger partial charge in [0.05, 0.1) is 19.3 Å². The van der Waals surface area contributed by atoms with E-state index in [9.17, 15) is 4.79 Å². The second-order valence-electron chi connectivity index (χ2n) is 5.00. The topological polar surface area (TPSA) is 111 Å². The Labute approximate surface area is 128 Å². The van der Waals surface area contributed by atoms with Crippen LogP contribution in [0.4, 0.5) is 11.6 Å². The van der Waals surface area contributed by atoms with Crippen molar-refractivity contribution in [1.82, 2.24) is 14.9 Å². The Morgan fingerprint density at radius 1 is 1.62 bits per heavy atom. The van der Waals surface area contributed by atoms with Crippen LogP contribution in [0.1, 0.15) is 0 Å². The average molecular weight is 315 g/mol. The van der Waals surface area contributed by atoms with Gasteiger partial charge >= 0.3 is 0 Å². The second kappa shape index (κ2) is 6.88. The maximum atomic E-state index is 10.9. The number of nitrogens with two attached hydrogens (primary N) is 2. The van der Waals surface area contributed by atoms with E-state index in [1.54, 1.807) is 0 Å². The molecule has 1 amide bonds. The number of rotatable bonds is 5. The van der Waals surface area contributed by atoms with Crippen molar-refractivity contribution in [3.63, 3.8) is 0 Å². The first kappa shape index (κ1) is 15.7. The number of anilines is 2. The molecule has 1 fully saturated rings. The number of amides is 1. The molecule has 1 aliphatic rings. The molecule has 116 valence electrons. The van der Waals surface area contributed by atoms with E-state index in [2.05, 4.69) is 9.97 Å². The molecule has 21 heavy (non-hydrogen) atoms. The summed E-state index contributed by atoms with van der Waals surface area (Å²) in [5.74, 6) is 0.502. The van der Waals surface area contributed by atoms with Crippen molar-refractivity contribution < 1.29 is 9.53 Å². The molecule has 1 aromatic heterocycles. The van der Waals surface area contributed by atoms with Gasteiger partial charge in [-0.2, -0.15) is 0 Å². The van der Waals surface area contributed by atoms with Crippen LogP contribution in [0.2, 0.25) is 5.02 Å². The highest BCUT2D eigenvalue weighted by molar-refractivity contribution is 6.35. The highest BCUT2D eigenvalue weighted by Gasteiger charge is 2.25. The number of hydrogen-bond acceptors (Lipinski definition) is 7. The van der Waals surface area contributed by atoms with Gasteiger partial charge in [0.1, 0.15) is 17.2 Å². The first-order valence-corrected chi connectivity index (χ1v) is 6.94. The smallest absolute Gasteiger partial charge is 0.231 e. The standard InChI is InChI=1S/C12H19ClN6O2/c1-18(6-9(14)20)4-8-5-19(2-3-21-8)12-10(13)11(15)16-7-17-12/h7-8H,2-6H2,1H3,(H2,14,20)(H2,15,16,17)/t8-/m1/s1. The summed E-state index contributed by atoms with van der Waals surface area (Å²) in [6, 6.07) is 0. The number of halogens is 1. The van der Waals surface area contributed by atoms with Crippen LogP contribution in [0.25, 0.3) is 0 Å². The Bertz CT molecular complexity index is 515. The lowest BCUT2D eigenvalue weighted by Gasteiger charge is -2.35. The predicted molar refractivity (Wildman–Crippen MR) is 80.1 cm³/mol. The van der Waals surface area contributed by atoms with Crippen molar-refractivity contribution in [1.29, 1.82) is 0 Å². The third-order valence-electron chi connectivity index (χ3n) is 3.18. The minimum atomic E-state index is -0.364. The van der Waals surface area contributed by atoms with E-state index in [-0.39, 0.29) is 24.4 Å². The van der Waals surface area contributed by atoms with Crippen molar-refractivity contribution in [3.05, 3.63) is 11.3 Å². The summed E-state index contributed by atoms with van der Waals surface area (Å²) in [7, 11) is 1.82. The van der Waals surface area contributed by atoms with Crippen molar-refractivity contribution in [2.24, 2.45) is 5.73 Å². The van der Waals surface area contributed by atoms with Gasteiger partial charge in [0, 0.05) is 19.6 Å². The minimum absolute atomic E-state index is 0.0599. The molecule has 2 heterocycles. The van der Waals surface area contributed by atoms with Gasteiger partial charge in [0.25, 0.3) is 0 Å². The fraction of sp³-hybridized carbons (Fsp3) is 0.583. The van der Waals surface area contributed by atoms with E-state index in [0.29, 0.717) is 37.1 Å². The number of morpholine rings is 1. The monoisotopic (exact) mass is 314 g/mol. The van der Waals surface area contributed by atoms with Crippen LogP contribution in [0, 0.1) is 0 Å². The fourth-order valence-corrected chi connectivity index (χ4v) is 2.51. The van der Waals surface area contributed by atoms with Crippen molar-refractivity contribution >= 4 is 29.1 Å². The first-order chi connectivity index (χ1) is 9.97. The molecule has 1 aromatic rings. The number of hydrogen-bond donors (Lipinski definition) is 2. The molecule has 1 saturated heterocycles. The van der Waals surface area contributed by atoms with Crippen molar-refractivity contribution in [3.8, 4) is 0 Å². The molecular formula is C12H19ClN6O2. The summed E-state index contributed by atoms with van der Waals surface area (Å²) in [4.78, 5) is 22.8. The Hall–Kier alpha value is -1.64. The number of aromatic nitrogens is 2. The number of nitrogens with zero attached hydrogens (tertiary/aromatic N) is 4. The quantitative estimate of drug-likeness (QED) is 0.741. The van der Waals surface area contributed by atoms with Crippen LogP contribution >= 0.6 is 11.6 Å². The van der Waals surface area contributed by atoms with Crippen LogP contribution in [0.15, 0.2) is 6.33 Å². The van der Waals surface area contributed by atoms with Gasteiger partial charge in [-0.1, -0.05) is 11.6 Å². The molecule has 8 nitrogen and oxygen atoms in total. The SMILES string of the molecule is CN(CC(N)=O)C[C@@H]1CN(c2ncnc(N)c2Cl)CCO1. The molecule has 2 rings (SSSR count). The third kappa shape index (κ3) is 4.16. The van der Waals surface area contributed by atoms with Crippen LogP contribution < -0.4 is 16.4 Å². The summed E-state index contributed by atoms with van der Waals surface area (Å²) >= 11 is 6.14. The zero-order chi connectivity index (χ0) is 15.4. The summed E-state index contributed by atoms with van der Waals surface area (Å²) in [6.07, 6.45) is 1.33. The molecule has 0 radical (unpaired) electrons. The third-order valence-corrected chi connectivity index (χ3v) is 3.54. The molecule has 0 aliphatic carbocycles. The van der Waals surface area contributed by atoms with Gasteiger partial charge in [-0.05, 0) is 7.05 Å². The molecule has 0 aromatic carbocycles. The van der Waals surface area contributed by atoms with Gasteiger partial charge in [-0.3, -0.25) is 9.69 Å². The molecular weight excluding hydrogens is 296 g/mol. The summed E-state index contributed by atoms with van der Waals surface area (Å²) in [5, 5.41) is 0.351. The number of primary amides is 1. The molecule has 9 heteroatoms. The molecule has 0 bridgehead atoms. The van der Waals surface area contributed by atoms with Gasteiger partial charge in [-0.25, -0.2) is 9.97 Å². The first-order valence-electron chi connectivity index (χ1n) is 6.56. The summed E-state index contributed by atoms with van der Waals surface area (Å²) in [6.45, 7) is 2.62. The Morgan fingerprint density at radius 2 is 2.38 bits per heavy atom. The van der Waals surface area contributed by atoms with Crippen molar-refractivity contribution in [2.45, 2.75) is 6.10 Å². The number of carbonyl (C=O) groups excluding carboxylic acids is 1. The fourth-order valence-electron chi connectivity index (χ4n) is 2.29. The zero-order valence-electron chi connectivity index (χ0n) is 11.8. The average Bonchev–Trinajstić information content (AvgIpc) is 2.41. The molecule has 0 unspecified atom stereocenters. The summed E-state index contributed by atoms with van der Waals surface area (Å²) < 4.78 is 5.70. The Balaban J connectivity index is 2.00. The van der Waals surface area contributed by atoms with Gasteiger partial charge in [0.2, 0.25) is 5.91 Å². The van der Waals surface area contributed by atoms with E-state index in [4.69, 9.17) is 27.8 Å². The van der Waals surface area contributed by atoms with E-state index in [0.717, 1.165) is 0 Å². The van der Waals surface area contributed by atoms with E-state index < -0.39 is 0 Å². The Morgan fingerprint density at radius 3 is 3.10 bits per heavy atom. The van der Waals surface area contributed by atoms with E-state index in [1.165, 1.54) is 6.33 Å². The van der Waals surface area contributed by atoms with Crippen molar-refractivity contribution in [2.75, 3.05) is 50.5 Å². The van der Waals surface area contributed by atoms with E-state index >= 15 is 0 Å². The maximum Gasteiger partial charge on any atom is 0.231 e. The number of ether oxygens (including phenoxy) is 1. The summed E-state index contributed by atoms with van der Waals surface area (Å²) in [5.41, 5.74) is 10.9. The van der Waals surface area contributed by atoms with E-state index in [1.807, 2.05) is 16.8 Å². The molecule has 4 N–H and O–H groups in total. The predicted octanol–water partition coefficient (Wildman–Crippen LogP) is -0.665. The number of nitrogen functional groups attached to an aromatic ring is 1. The highest BCUT2D eigenvalue weighted by atomic mass is 35.5. The van der Waals surface area contributed by atoms with Gasteiger partial charge in [0.15, 0.2) is 5.82 Å². The maximum absolute atomic E-state index is 10.9.